The van der Waals surface area contributed by atoms with Crippen LogP contribution in [0.1, 0.15) is 32.6 Å². The molecular weight excluding hydrogens is 464 g/mol. The van der Waals surface area contributed by atoms with Crippen molar-refractivity contribution in [2.75, 3.05) is 39.1 Å². The normalized spacial score (nSPS) is 15.7. The average Bonchev–Trinajstić information content (AvgIpc) is 2.58. The number of hydrogen-bond acceptors (Lipinski definition) is 3. The summed E-state index contributed by atoms with van der Waals surface area (Å²) < 4.78 is 18.9. The van der Waals surface area contributed by atoms with Crippen LogP contribution in [0.5, 0.6) is 0 Å². The van der Waals surface area contributed by atoms with Crippen molar-refractivity contribution in [2.24, 2.45) is 10.4 Å². The van der Waals surface area contributed by atoms with Crippen LogP contribution in [-0.4, -0.2) is 45.1 Å². The predicted molar refractivity (Wildman–Crippen MR) is 119 cm³/mol. The molecule has 1 aromatic carbocycles. The van der Waals surface area contributed by atoms with Gasteiger partial charge in [0.15, 0.2) is 5.96 Å². The van der Waals surface area contributed by atoms with Gasteiger partial charge in [-0.1, -0.05) is 18.6 Å². The molecule has 0 saturated heterocycles. The third-order valence-corrected chi connectivity index (χ3v) is 5.71. The van der Waals surface area contributed by atoms with Crippen molar-refractivity contribution < 1.29 is 9.13 Å². The smallest absolute Gasteiger partial charge is 0.191 e. The van der Waals surface area contributed by atoms with Crippen LogP contribution in [0, 0.1) is 11.2 Å². The first-order chi connectivity index (χ1) is 12.2. The summed E-state index contributed by atoms with van der Waals surface area (Å²) in [6, 6.07) is 6.89. The van der Waals surface area contributed by atoms with E-state index < -0.39 is 0 Å². The fourth-order valence-electron chi connectivity index (χ4n) is 2.96. The van der Waals surface area contributed by atoms with Gasteiger partial charge in [0, 0.05) is 44.0 Å². The molecule has 1 saturated carbocycles. The van der Waals surface area contributed by atoms with E-state index in [0.717, 1.165) is 44.4 Å². The standard InChI is InChI=1S/C19H30FN3OS.HI/c1-3-21-18(23-15-19(9-6-10-19)11-13-24-2)22-12-14-25-17-8-5-4-7-16(17)20;/h4-5,7-8H,3,6,9-15H2,1-2H3,(H2,21,22,23);1H. The number of ether oxygens (including phenoxy) is 1. The first-order valence-corrected chi connectivity index (χ1v) is 10.1. The molecule has 7 heteroatoms. The lowest BCUT2D eigenvalue weighted by Crippen LogP contribution is -2.41. The summed E-state index contributed by atoms with van der Waals surface area (Å²) in [5, 5.41) is 6.65. The SMILES string of the molecule is CCNC(=NCC1(CCOC)CCC1)NCCSc1ccccc1F.I. The minimum Gasteiger partial charge on any atom is -0.385 e. The van der Waals surface area contributed by atoms with Gasteiger partial charge in [-0.15, -0.1) is 35.7 Å². The van der Waals surface area contributed by atoms with Gasteiger partial charge in [0.1, 0.15) is 5.82 Å². The number of hydrogen-bond donors (Lipinski definition) is 2. The van der Waals surface area contributed by atoms with Crippen LogP contribution in [0.25, 0.3) is 0 Å². The molecule has 1 fully saturated rings. The highest BCUT2D eigenvalue weighted by Gasteiger charge is 2.36. The van der Waals surface area contributed by atoms with Gasteiger partial charge in [0.2, 0.25) is 0 Å². The second-order valence-electron chi connectivity index (χ2n) is 6.50. The van der Waals surface area contributed by atoms with Crippen LogP contribution in [0.2, 0.25) is 0 Å². The Hall–Kier alpha value is -0.540. The Labute approximate surface area is 178 Å². The molecule has 0 heterocycles. The third-order valence-electron chi connectivity index (χ3n) is 4.66. The van der Waals surface area contributed by atoms with E-state index in [1.54, 1.807) is 13.2 Å². The zero-order chi connectivity index (χ0) is 18.0. The second-order valence-corrected chi connectivity index (χ2v) is 7.63. The summed E-state index contributed by atoms with van der Waals surface area (Å²) in [6.45, 7) is 5.29. The van der Waals surface area contributed by atoms with Crippen molar-refractivity contribution in [2.45, 2.75) is 37.5 Å². The number of guanidine groups is 1. The topological polar surface area (TPSA) is 45.7 Å². The highest BCUT2D eigenvalue weighted by molar-refractivity contribution is 14.0. The van der Waals surface area contributed by atoms with E-state index in [4.69, 9.17) is 9.73 Å². The van der Waals surface area contributed by atoms with E-state index in [1.165, 1.54) is 37.1 Å². The van der Waals surface area contributed by atoms with Crippen molar-refractivity contribution in [3.63, 3.8) is 0 Å². The van der Waals surface area contributed by atoms with Crippen molar-refractivity contribution in [3.8, 4) is 0 Å². The summed E-state index contributed by atoms with van der Waals surface area (Å²) in [6.07, 6.45) is 4.85. The molecule has 4 nitrogen and oxygen atoms in total. The van der Waals surface area contributed by atoms with E-state index in [2.05, 4.69) is 17.6 Å². The van der Waals surface area contributed by atoms with Gasteiger partial charge >= 0.3 is 0 Å². The highest BCUT2D eigenvalue weighted by atomic mass is 127. The van der Waals surface area contributed by atoms with E-state index in [9.17, 15) is 4.39 Å². The lowest BCUT2D eigenvalue weighted by molar-refractivity contribution is 0.0778. The quantitative estimate of drug-likeness (QED) is 0.167. The third kappa shape index (κ3) is 7.60. The lowest BCUT2D eigenvalue weighted by Gasteiger charge is -2.40. The fourth-order valence-corrected chi connectivity index (χ4v) is 3.77. The van der Waals surface area contributed by atoms with Gasteiger partial charge in [-0.25, -0.2) is 4.39 Å². The Balaban J connectivity index is 0.00000338. The number of nitrogens with one attached hydrogen (secondary N) is 2. The molecule has 1 aliphatic rings. The molecular formula is C19H31FIN3OS. The van der Waals surface area contributed by atoms with Gasteiger partial charge < -0.3 is 15.4 Å². The fraction of sp³-hybridized carbons (Fsp3) is 0.632. The van der Waals surface area contributed by atoms with Crippen molar-refractivity contribution >= 4 is 41.7 Å². The zero-order valence-electron chi connectivity index (χ0n) is 15.7. The van der Waals surface area contributed by atoms with E-state index in [0.29, 0.717) is 10.3 Å². The maximum atomic E-state index is 13.6. The maximum Gasteiger partial charge on any atom is 0.191 e. The Bertz CT molecular complexity index is 555. The molecule has 0 amide bonds. The molecule has 0 aliphatic heterocycles. The molecule has 0 spiro atoms. The summed E-state index contributed by atoms with van der Waals surface area (Å²) in [5.74, 6) is 1.48. The maximum absolute atomic E-state index is 13.6. The van der Waals surface area contributed by atoms with Gasteiger partial charge in [-0.3, -0.25) is 4.99 Å². The minimum absolute atomic E-state index is 0. The first-order valence-electron chi connectivity index (χ1n) is 9.07. The van der Waals surface area contributed by atoms with E-state index in [-0.39, 0.29) is 29.8 Å². The summed E-state index contributed by atoms with van der Waals surface area (Å²) in [4.78, 5) is 5.47. The second kappa shape index (κ2) is 12.8. The van der Waals surface area contributed by atoms with Crippen molar-refractivity contribution in [1.82, 2.24) is 10.6 Å². The Morgan fingerprint density at radius 1 is 1.31 bits per heavy atom. The van der Waals surface area contributed by atoms with Gasteiger partial charge in [0.25, 0.3) is 0 Å². The molecule has 26 heavy (non-hydrogen) atoms. The number of benzene rings is 1. The monoisotopic (exact) mass is 495 g/mol. The molecule has 1 aliphatic carbocycles. The highest BCUT2D eigenvalue weighted by Crippen LogP contribution is 2.44. The van der Waals surface area contributed by atoms with Crippen LogP contribution >= 0.6 is 35.7 Å². The van der Waals surface area contributed by atoms with Gasteiger partial charge in [-0.2, -0.15) is 0 Å². The average molecular weight is 495 g/mol. The molecule has 0 aromatic heterocycles. The first kappa shape index (κ1) is 23.5. The lowest BCUT2D eigenvalue weighted by atomic mass is 9.67. The number of halogens is 2. The molecule has 1 aromatic rings. The Kier molecular flexibility index (Phi) is 11.5. The summed E-state index contributed by atoms with van der Waals surface area (Å²) in [7, 11) is 1.76. The number of thioether (sulfide) groups is 1. The summed E-state index contributed by atoms with van der Waals surface area (Å²) in [5.41, 5.74) is 0.320. The Morgan fingerprint density at radius 3 is 2.69 bits per heavy atom. The van der Waals surface area contributed by atoms with Crippen molar-refractivity contribution in [3.05, 3.63) is 30.1 Å². The number of aliphatic imine (C=N–C) groups is 1. The van der Waals surface area contributed by atoms with Gasteiger partial charge in [-0.05, 0) is 43.7 Å². The molecule has 0 unspecified atom stereocenters. The van der Waals surface area contributed by atoms with E-state index in [1.807, 2.05) is 12.1 Å². The molecule has 0 radical (unpaired) electrons. The van der Waals surface area contributed by atoms with Crippen LogP contribution in [0.4, 0.5) is 4.39 Å². The van der Waals surface area contributed by atoms with Crippen LogP contribution in [-0.2, 0) is 4.74 Å². The molecule has 0 bridgehead atoms. The molecule has 2 rings (SSSR count). The predicted octanol–water partition coefficient (Wildman–Crippen LogP) is 4.30. The molecule has 0 atom stereocenters. The zero-order valence-corrected chi connectivity index (χ0v) is 18.9. The van der Waals surface area contributed by atoms with Crippen LogP contribution < -0.4 is 10.6 Å². The number of nitrogens with zero attached hydrogens (tertiary/aromatic N) is 1. The largest absolute Gasteiger partial charge is 0.385 e. The van der Waals surface area contributed by atoms with Crippen LogP contribution in [0.3, 0.4) is 0 Å². The molecule has 148 valence electrons. The summed E-state index contributed by atoms with van der Waals surface area (Å²) >= 11 is 1.52. The van der Waals surface area contributed by atoms with Crippen LogP contribution in [0.15, 0.2) is 34.2 Å². The number of methoxy groups -OCH3 is 1. The van der Waals surface area contributed by atoms with Gasteiger partial charge in [0.05, 0.1) is 0 Å². The van der Waals surface area contributed by atoms with Crippen molar-refractivity contribution in [1.29, 1.82) is 0 Å². The molecule has 2 N–H and O–H groups in total. The Morgan fingerprint density at radius 2 is 2.08 bits per heavy atom. The van der Waals surface area contributed by atoms with E-state index >= 15 is 0 Å². The number of rotatable bonds is 10. The minimum atomic E-state index is -0.154.